The fourth-order valence-corrected chi connectivity index (χ4v) is 3.19. The Morgan fingerprint density at radius 2 is 1.53 bits per heavy atom. The minimum atomic E-state index is 0.504. The third-order valence-corrected chi connectivity index (χ3v) is 4.50. The summed E-state index contributed by atoms with van der Waals surface area (Å²) in [4.78, 5) is 0. The Labute approximate surface area is 96.8 Å². The van der Waals surface area contributed by atoms with Gasteiger partial charge in [0.15, 0.2) is 0 Å². The van der Waals surface area contributed by atoms with E-state index < -0.39 is 0 Å². The highest BCUT2D eigenvalue weighted by Gasteiger charge is 2.57. The Kier molecular flexibility index (Phi) is 3.30. The van der Waals surface area contributed by atoms with Gasteiger partial charge in [-0.25, -0.2) is 0 Å². The molecular formula is C15H30. The van der Waals surface area contributed by atoms with E-state index in [-0.39, 0.29) is 0 Å². The highest BCUT2D eigenvalue weighted by Crippen LogP contribution is 2.65. The van der Waals surface area contributed by atoms with Gasteiger partial charge in [-0.1, -0.05) is 54.9 Å². The molecule has 0 spiro atoms. The van der Waals surface area contributed by atoms with Crippen LogP contribution in [0.25, 0.3) is 0 Å². The zero-order chi connectivity index (χ0) is 11.9. The van der Waals surface area contributed by atoms with Crippen LogP contribution in [0, 0.1) is 22.2 Å². The zero-order valence-electron chi connectivity index (χ0n) is 11.9. The Hall–Kier alpha value is 0. The Morgan fingerprint density at radius 3 is 1.80 bits per heavy atom. The van der Waals surface area contributed by atoms with Crippen LogP contribution in [-0.2, 0) is 0 Å². The lowest BCUT2D eigenvalue weighted by Gasteiger charge is -2.33. The maximum atomic E-state index is 2.43. The van der Waals surface area contributed by atoms with E-state index in [2.05, 4.69) is 48.5 Å². The zero-order valence-corrected chi connectivity index (χ0v) is 11.9. The third kappa shape index (κ3) is 2.98. The molecule has 0 heteroatoms. The largest absolute Gasteiger partial charge is 0.0619 e. The molecule has 1 rings (SSSR count). The average molecular weight is 210 g/mol. The molecule has 0 aromatic heterocycles. The molecule has 0 amide bonds. The van der Waals surface area contributed by atoms with Gasteiger partial charge < -0.3 is 0 Å². The van der Waals surface area contributed by atoms with Gasteiger partial charge in [0.2, 0.25) is 0 Å². The molecule has 0 aromatic rings. The molecule has 15 heavy (non-hydrogen) atoms. The van der Waals surface area contributed by atoms with Gasteiger partial charge in [-0.05, 0) is 41.4 Å². The second kappa shape index (κ2) is 3.79. The van der Waals surface area contributed by atoms with Gasteiger partial charge in [0, 0.05) is 0 Å². The van der Waals surface area contributed by atoms with Crippen molar-refractivity contribution in [2.75, 3.05) is 0 Å². The molecule has 0 nitrogen and oxygen atoms in total. The van der Waals surface area contributed by atoms with E-state index in [0.717, 1.165) is 5.92 Å². The monoisotopic (exact) mass is 210 g/mol. The van der Waals surface area contributed by atoms with Crippen molar-refractivity contribution in [2.45, 2.75) is 74.1 Å². The first-order valence-electron chi connectivity index (χ1n) is 6.58. The molecule has 2 unspecified atom stereocenters. The molecule has 1 aliphatic carbocycles. The van der Waals surface area contributed by atoms with Crippen LogP contribution in [0.2, 0.25) is 0 Å². The van der Waals surface area contributed by atoms with Crippen molar-refractivity contribution in [2.24, 2.45) is 22.2 Å². The third-order valence-electron chi connectivity index (χ3n) is 4.50. The van der Waals surface area contributed by atoms with Crippen LogP contribution in [0.4, 0.5) is 0 Å². The molecule has 0 aliphatic heterocycles. The maximum Gasteiger partial charge on any atom is -0.0220 e. The van der Waals surface area contributed by atoms with Crippen molar-refractivity contribution < 1.29 is 0 Å². The maximum absolute atomic E-state index is 2.43. The van der Waals surface area contributed by atoms with Crippen LogP contribution in [0.3, 0.4) is 0 Å². The first-order valence-corrected chi connectivity index (χ1v) is 6.58. The minimum Gasteiger partial charge on any atom is -0.0619 e. The Balaban J connectivity index is 2.44. The summed E-state index contributed by atoms with van der Waals surface area (Å²) >= 11 is 0. The summed E-state index contributed by atoms with van der Waals surface area (Å²) in [5.74, 6) is 0.956. The van der Waals surface area contributed by atoms with Crippen molar-refractivity contribution in [3.05, 3.63) is 0 Å². The van der Waals surface area contributed by atoms with Crippen molar-refractivity contribution in [1.29, 1.82) is 0 Å². The van der Waals surface area contributed by atoms with Crippen molar-refractivity contribution in [3.63, 3.8) is 0 Å². The van der Waals surface area contributed by atoms with E-state index in [9.17, 15) is 0 Å². The molecule has 0 bridgehead atoms. The quantitative estimate of drug-likeness (QED) is 0.595. The fraction of sp³-hybridized carbons (Fsp3) is 1.00. The van der Waals surface area contributed by atoms with Gasteiger partial charge >= 0.3 is 0 Å². The first kappa shape index (κ1) is 13.1. The van der Waals surface area contributed by atoms with Gasteiger partial charge in [0.05, 0.1) is 0 Å². The summed E-state index contributed by atoms with van der Waals surface area (Å²) in [7, 11) is 0. The molecule has 0 N–H and O–H groups in total. The van der Waals surface area contributed by atoms with Gasteiger partial charge in [-0.2, -0.15) is 0 Å². The summed E-state index contributed by atoms with van der Waals surface area (Å²) in [5.41, 5.74) is 1.68. The SMILES string of the molecule is CC1CC1(CCCC(C)(C)C)C(C)(C)C. The van der Waals surface area contributed by atoms with Gasteiger partial charge in [0.1, 0.15) is 0 Å². The number of hydrogen-bond donors (Lipinski definition) is 0. The molecule has 0 aromatic carbocycles. The van der Waals surface area contributed by atoms with Crippen LogP contribution in [-0.4, -0.2) is 0 Å². The molecule has 1 fully saturated rings. The smallest absolute Gasteiger partial charge is 0.0220 e. The van der Waals surface area contributed by atoms with E-state index >= 15 is 0 Å². The summed E-state index contributed by atoms with van der Waals surface area (Å²) < 4.78 is 0. The molecule has 0 saturated heterocycles. The van der Waals surface area contributed by atoms with Gasteiger partial charge in [-0.3, -0.25) is 0 Å². The fourth-order valence-electron chi connectivity index (χ4n) is 3.19. The van der Waals surface area contributed by atoms with Crippen LogP contribution in [0.15, 0.2) is 0 Å². The molecule has 1 saturated carbocycles. The van der Waals surface area contributed by atoms with Gasteiger partial charge in [0.25, 0.3) is 0 Å². The lowest BCUT2D eigenvalue weighted by molar-refractivity contribution is 0.168. The first-order chi connectivity index (χ1) is 6.58. The van der Waals surface area contributed by atoms with E-state index in [0.29, 0.717) is 16.2 Å². The Bertz CT molecular complexity index is 213. The molecule has 0 heterocycles. The van der Waals surface area contributed by atoms with Crippen LogP contribution >= 0.6 is 0 Å². The average Bonchev–Trinajstić information content (AvgIpc) is 2.58. The number of rotatable bonds is 3. The summed E-state index contributed by atoms with van der Waals surface area (Å²) in [6.07, 6.45) is 5.68. The van der Waals surface area contributed by atoms with Crippen molar-refractivity contribution in [3.8, 4) is 0 Å². The summed E-state index contributed by atoms with van der Waals surface area (Å²) in [6.45, 7) is 16.8. The minimum absolute atomic E-state index is 0.504. The van der Waals surface area contributed by atoms with Crippen molar-refractivity contribution in [1.82, 2.24) is 0 Å². The van der Waals surface area contributed by atoms with Crippen molar-refractivity contribution >= 4 is 0 Å². The van der Waals surface area contributed by atoms with Crippen LogP contribution < -0.4 is 0 Å². The summed E-state index contributed by atoms with van der Waals surface area (Å²) in [5, 5.41) is 0. The highest BCUT2D eigenvalue weighted by molar-refractivity contribution is 5.06. The second-order valence-electron chi connectivity index (χ2n) is 7.93. The molecule has 90 valence electrons. The molecule has 2 atom stereocenters. The molecular weight excluding hydrogens is 180 g/mol. The van der Waals surface area contributed by atoms with E-state index in [1.165, 1.54) is 25.7 Å². The lowest BCUT2D eigenvalue weighted by Crippen LogP contribution is -2.24. The second-order valence-corrected chi connectivity index (χ2v) is 7.93. The van der Waals surface area contributed by atoms with Crippen LogP contribution in [0.1, 0.15) is 74.1 Å². The predicted octanol–water partition coefficient (Wildman–Crippen LogP) is 5.28. The summed E-state index contributed by atoms with van der Waals surface area (Å²) in [6, 6.07) is 0. The van der Waals surface area contributed by atoms with E-state index in [1.807, 2.05) is 0 Å². The number of hydrogen-bond acceptors (Lipinski definition) is 0. The standard InChI is InChI=1S/C15H30/c1-12-11-15(12,14(5,6)7)10-8-9-13(2,3)4/h12H,8-11H2,1-7H3. The van der Waals surface area contributed by atoms with E-state index in [1.54, 1.807) is 0 Å². The van der Waals surface area contributed by atoms with E-state index in [4.69, 9.17) is 0 Å². The topological polar surface area (TPSA) is 0 Å². The highest BCUT2D eigenvalue weighted by atomic mass is 14.6. The lowest BCUT2D eigenvalue weighted by atomic mass is 9.72. The Morgan fingerprint density at radius 1 is 1.07 bits per heavy atom. The molecule has 1 aliphatic rings. The predicted molar refractivity (Wildman–Crippen MR) is 69.0 cm³/mol. The van der Waals surface area contributed by atoms with Crippen LogP contribution in [0.5, 0.6) is 0 Å². The van der Waals surface area contributed by atoms with Gasteiger partial charge in [-0.15, -0.1) is 0 Å². The molecule has 0 radical (unpaired) electrons. The normalized spacial score (nSPS) is 31.8.